The van der Waals surface area contributed by atoms with Gasteiger partial charge in [-0.15, -0.1) is 0 Å². The molecule has 137 heavy (non-hydrogen) atoms. The van der Waals surface area contributed by atoms with Crippen LogP contribution >= 0.6 is 0 Å². The molecular weight excluding hydrogens is 1750 g/mol. The summed E-state index contributed by atoms with van der Waals surface area (Å²) in [5.74, 6) is 3.08. The number of nitrogens with one attached hydrogen (secondary N) is 5. The predicted molar refractivity (Wildman–Crippen MR) is 549 cm³/mol. The van der Waals surface area contributed by atoms with Crippen LogP contribution in [0.1, 0.15) is 85.7 Å². The number of aromatic nitrogens is 8. The molecule has 0 fully saturated rings. The Balaban J connectivity index is 0.000000195. The van der Waals surface area contributed by atoms with E-state index in [0.717, 1.165) is 147 Å². The van der Waals surface area contributed by atoms with Crippen LogP contribution in [0.25, 0.3) is 100 Å². The van der Waals surface area contributed by atoms with Gasteiger partial charge in [0.2, 0.25) is 5.90 Å². The summed E-state index contributed by atoms with van der Waals surface area (Å²) in [6, 6.07) is 97.9. The Morgan fingerprint density at radius 3 is 1.18 bits per heavy atom. The van der Waals surface area contributed by atoms with E-state index in [4.69, 9.17) is 68.2 Å². The summed E-state index contributed by atoms with van der Waals surface area (Å²) < 4.78 is 44.3. The zero-order valence-electron chi connectivity index (χ0n) is 75.4. The van der Waals surface area contributed by atoms with Crippen LogP contribution in [-0.2, 0) is 83.0 Å². The van der Waals surface area contributed by atoms with E-state index < -0.39 is 15.0 Å². The third kappa shape index (κ3) is 34.4. The molecule has 4 aromatic heterocycles. The number of aliphatic hydroxyl groups excluding tert-OH is 2. The summed E-state index contributed by atoms with van der Waals surface area (Å²) in [6.45, 7) is 9.21. The number of carbonyl (C=O) groups excluding carboxylic acids is 2. The molecule has 13 aromatic carbocycles. The van der Waals surface area contributed by atoms with E-state index in [1.54, 1.807) is 42.5 Å². The van der Waals surface area contributed by atoms with Crippen LogP contribution in [0.15, 0.2) is 319 Å². The molecule has 710 valence electrons. The average Bonchev–Trinajstić information content (AvgIpc) is 1.68. The van der Waals surface area contributed by atoms with Crippen molar-refractivity contribution in [2.75, 3.05) is 75.7 Å². The number of nitro benzene ring substituents is 1. The lowest BCUT2D eigenvalue weighted by molar-refractivity contribution is -0.384. The van der Waals surface area contributed by atoms with Crippen molar-refractivity contribution in [1.29, 1.82) is 5.41 Å². The minimum atomic E-state index is -3.74. The summed E-state index contributed by atoms with van der Waals surface area (Å²) in [6.07, 6.45) is 4.59. The van der Waals surface area contributed by atoms with Crippen molar-refractivity contribution in [3.8, 4) is 45.6 Å². The first-order chi connectivity index (χ1) is 65.4. The molecule has 30 nitrogen and oxygen atoms in total. The second-order valence-electron chi connectivity index (χ2n) is 30.4. The third-order valence-electron chi connectivity index (χ3n) is 20.2. The van der Waals surface area contributed by atoms with Crippen molar-refractivity contribution in [3.63, 3.8) is 0 Å². The van der Waals surface area contributed by atoms with Gasteiger partial charge in [-0.1, -0.05) is 226 Å². The number of nitrogen functional groups attached to an aromatic ring is 4. The van der Waals surface area contributed by atoms with Gasteiger partial charge in [0.05, 0.1) is 91.8 Å². The highest BCUT2D eigenvalue weighted by molar-refractivity contribution is 7.86. The lowest BCUT2D eigenvalue weighted by Crippen LogP contribution is -2.09. The molecule has 0 unspecified atom stereocenters. The van der Waals surface area contributed by atoms with Crippen molar-refractivity contribution in [3.05, 3.63) is 380 Å². The monoisotopic (exact) mass is 1870 g/mol. The third-order valence-corrected chi connectivity index (χ3v) is 21.6. The van der Waals surface area contributed by atoms with Crippen LogP contribution in [0.3, 0.4) is 0 Å². The molecule has 31 heteroatoms. The number of azide groups is 1. The van der Waals surface area contributed by atoms with E-state index in [0.29, 0.717) is 75.3 Å². The maximum Gasteiger partial charge on any atom is 0.302 e. The Morgan fingerprint density at radius 1 is 0.445 bits per heavy atom. The number of fused-ring (bicyclic) bond motifs is 4. The van der Waals surface area contributed by atoms with Gasteiger partial charge in [-0.05, 0) is 200 Å². The molecule has 0 saturated heterocycles. The molecular formula is C106H118N18O12S. The second kappa shape index (κ2) is 55.4. The highest BCUT2D eigenvalue weighted by Crippen LogP contribution is 2.28. The number of ether oxygens (including phenoxy) is 3. The standard InChI is InChI=1S/C22H20N2O3S.C15H13N5.C15H15N3.C15H14N2O.C10H12N2O4.C10H14N2O2.C9H11NO.C8H11NO.2CH4/c1-16-7-10-19(11-8-16)28(25,26)27-14-13-17-9-12-20-21(15-17)24-22(23-20)18-5-3-2-4-6-18;16-20-17-9-8-11-6-7-13-14(10-11)19-15(18-13)12-4-2-1-3-5-12;16-9-8-11-6-7-13-14(10-11)18-15(17-13)12-4-2-1-3-5-12;18-9-8-11-6-7-13-14(10-11)17-15(16-13)12-4-2-1-3-5-12;1-7(13)16-5-4-8-2-3-9(11)10(6-8)12(14)15;1-7(13)14-5-4-8-2-3-9(11)10(12)6-8;1-2-11-9(10)8-6-4-3-5-7-8;9-8-3-1-7(2-4-8)5-6-10;;/h2-12,15H,13-14H2,1H3,(H,23,24);1-7,10H,8-9H2,(H,18,19);1-7,10H,8-9,16H2,(H,17,18);1-7,10,18H,8-9H2,(H,16,17);2-3,6H,4-5,11H2,1H3;2-3,6H,4-5,11-12H2,1H3;3-7,10H,2H2,1H3;1-4,10H,5-6,9H2;2*1H4. The number of nitrogens with two attached hydrogens (primary N) is 5. The fraction of sp³-hybridized carbons (Fsp3) is 0.198. The predicted octanol–water partition coefficient (Wildman–Crippen LogP) is 20.4. The fourth-order valence-electron chi connectivity index (χ4n) is 13.3. The summed E-state index contributed by atoms with van der Waals surface area (Å²) in [5.41, 5.74) is 59.0. The van der Waals surface area contributed by atoms with Crippen LogP contribution in [0.4, 0.5) is 28.4 Å². The second-order valence-corrected chi connectivity index (χ2v) is 32.0. The Kier molecular flexibility index (Phi) is 42.9. The molecule has 0 spiro atoms. The Bertz CT molecular complexity index is 6690. The number of benzene rings is 13. The summed E-state index contributed by atoms with van der Waals surface area (Å²) >= 11 is 0. The highest BCUT2D eigenvalue weighted by Gasteiger charge is 2.17. The van der Waals surface area contributed by atoms with Gasteiger partial charge in [-0.3, -0.25) is 29.3 Å². The van der Waals surface area contributed by atoms with E-state index in [9.17, 15) is 28.1 Å². The Labute approximate surface area is 797 Å². The molecule has 0 amide bonds. The molecule has 17 rings (SSSR count). The number of nitrogens with zero attached hydrogens (tertiary/aromatic N) is 8. The number of esters is 2. The number of hydrogen-bond donors (Lipinski definition) is 12. The van der Waals surface area contributed by atoms with E-state index in [1.807, 2.05) is 238 Å². The maximum atomic E-state index is 12.3. The topological polar surface area (TPSA) is 506 Å². The molecule has 0 aliphatic rings. The van der Waals surface area contributed by atoms with Gasteiger partial charge in [-0.2, -0.15) is 8.42 Å². The smallest absolute Gasteiger partial charge is 0.302 e. The van der Waals surface area contributed by atoms with Crippen LogP contribution in [0.2, 0.25) is 0 Å². The van der Waals surface area contributed by atoms with Gasteiger partial charge in [-0.25, -0.2) is 19.9 Å². The minimum Gasteiger partial charge on any atom is -0.478 e. The number of imidazole rings is 4. The van der Waals surface area contributed by atoms with Crippen molar-refractivity contribution < 1.29 is 51.5 Å². The van der Waals surface area contributed by atoms with Gasteiger partial charge in [0.15, 0.2) is 0 Å². The quantitative estimate of drug-likeness (QED) is 0.00217. The number of nitro groups is 1. The molecule has 0 radical (unpaired) electrons. The zero-order valence-corrected chi connectivity index (χ0v) is 76.2. The first-order valence-electron chi connectivity index (χ1n) is 43.5. The van der Waals surface area contributed by atoms with E-state index in [-0.39, 0.29) is 75.4 Å². The summed E-state index contributed by atoms with van der Waals surface area (Å²) in [4.78, 5) is 65.7. The number of anilines is 4. The number of hydrogen-bond acceptors (Lipinski definition) is 23. The maximum absolute atomic E-state index is 12.3. The molecule has 0 aliphatic heterocycles. The van der Waals surface area contributed by atoms with Gasteiger partial charge >= 0.3 is 11.9 Å². The number of carbonyl (C=O) groups is 2. The van der Waals surface area contributed by atoms with Crippen molar-refractivity contribution in [2.24, 2.45) is 10.8 Å². The normalized spacial score (nSPS) is 10.4. The molecule has 17 N–H and O–H groups in total. The van der Waals surface area contributed by atoms with Gasteiger partial charge in [0.1, 0.15) is 29.0 Å². The number of aromatic amines is 4. The van der Waals surface area contributed by atoms with Crippen molar-refractivity contribution in [1.82, 2.24) is 39.9 Å². The lowest BCUT2D eigenvalue weighted by atomic mass is 10.1. The van der Waals surface area contributed by atoms with Crippen LogP contribution in [-0.4, -0.2) is 134 Å². The number of H-pyrrole nitrogens is 4. The molecule has 0 saturated carbocycles. The number of aliphatic hydroxyl groups is 2. The van der Waals surface area contributed by atoms with Gasteiger partial charge < -0.3 is 73.0 Å². The molecule has 0 bridgehead atoms. The summed E-state index contributed by atoms with van der Waals surface area (Å²) in [7, 11) is -3.74. The minimum absolute atomic E-state index is 0. The molecule has 0 aliphatic carbocycles. The first-order valence-corrected chi connectivity index (χ1v) is 44.9. The highest BCUT2D eigenvalue weighted by atomic mass is 32.2. The van der Waals surface area contributed by atoms with Crippen LogP contribution < -0.4 is 28.7 Å². The Morgan fingerprint density at radius 2 is 0.796 bits per heavy atom. The van der Waals surface area contributed by atoms with E-state index in [1.165, 1.54) is 31.5 Å². The van der Waals surface area contributed by atoms with Crippen molar-refractivity contribution in [2.45, 2.75) is 92.4 Å². The average molecular weight is 1870 g/mol. The molecule has 17 aromatic rings. The largest absolute Gasteiger partial charge is 0.478 e. The van der Waals surface area contributed by atoms with Crippen molar-refractivity contribution >= 4 is 101 Å². The number of aryl methyl sites for hydroxylation is 1. The Hall–Kier alpha value is -16.2. The lowest BCUT2D eigenvalue weighted by Gasteiger charge is -2.06. The first kappa shape index (κ1) is 106. The number of rotatable bonds is 27. The SMILES string of the molecule is C.C.CC(=O)OCCc1ccc(N)c(N)c1.CC(=O)OCCc1ccc(N)c([N+](=O)[O-])c1.CCOC(=N)c1ccccc1.Cc1ccc(S(=O)(=O)OCCc2ccc3nc(-c4ccccc4)[nH]c3c2)cc1.NCCc1ccc2nc(-c3ccccc3)[nH]c2c1.Nc1ccc(CCO)cc1.OCCc1ccc2nc(-c3ccccc3)[nH]c2c1.[N-]=[N+]=NCCc1ccc2nc(-c3ccccc3)[nH]c2c1. The fourth-order valence-corrected chi connectivity index (χ4v) is 14.2. The van der Waals surface area contributed by atoms with Gasteiger partial charge in [0.25, 0.3) is 15.8 Å². The van der Waals surface area contributed by atoms with Gasteiger partial charge in [0, 0.05) is 90.9 Å². The zero-order chi connectivity index (χ0) is 96.3. The van der Waals surface area contributed by atoms with Crippen LogP contribution in [0.5, 0.6) is 0 Å². The van der Waals surface area contributed by atoms with E-state index >= 15 is 0 Å². The van der Waals surface area contributed by atoms with Crippen LogP contribution in [0, 0.1) is 22.4 Å². The van der Waals surface area contributed by atoms with E-state index in [2.05, 4.69) is 80.2 Å². The molecule has 0 atom stereocenters. The summed E-state index contributed by atoms with van der Waals surface area (Å²) in [5, 5.41) is 39.1. The molecule has 4 heterocycles.